The highest BCUT2D eigenvalue weighted by Crippen LogP contribution is 2.22. The van der Waals surface area contributed by atoms with E-state index in [0.717, 1.165) is 32.4 Å². The summed E-state index contributed by atoms with van der Waals surface area (Å²) in [6, 6.07) is 8.95. The molecule has 0 bridgehead atoms. The zero-order chi connectivity index (χ0) is 18.6. The molecule has 0 aliphatic carbocycles. The van der Waals surface area contributed by atoms with Crippen molar-refractivity contribution >= 4 is 18.3 Å². The molecule has 1 aliphatic heterocycles. The molecule has 2 N–H and O–H groups in total. The first-order valence-corrected chi connectivity index (χ1v) is 9.43. The molecular formula is C20H30ClN5O. The van der Waals surface area contributed by atoms with Crippen molar-refractivity contribution in [2.75, 3.05) is 19.6 Å². The van der Waals surface area contributed by atoms with Crippen LogP contribution in [0.2, 0.25) is 0 Å². The van der Waals surface area contributed by atoms with E-state index in [0.29, 0.717) is 18.3 Å². The lowest BCUT2D eigenvalue weighted by Crippen LogP contribution is -2.29. The number of carbonyl (C=O) groups is 1. The fraction of sp³-hybridized carbons (Fsp3) is 0.550. The summed E-state index contributed by atoms with van der Waals surface area (Å²) in [5.41, 5.74) is 3.09. The summed E-state index contributed by atoms with van der Waals surface area (Å²) >= 11 is 0. The number of amides is 1. The number of benzene rings is 1. The summed E-state index contributed by atoms with van der Waals surface area (Å²) in [5.74, 6) is -0.156. The third-order valence-electron chi connectivity index (χ3n) is 4.94. The predicted molar refractivity (Wildman–Crippen MR) is 110 cm³/mol. The van der Waals surface area contributed by atoms with E-state index in [1.54, 1.807) is 6.20 Å². The largest absolute Gasteiger partial charge is 0.350 e. The lowest BCUT2D eigenvalue weighted by Gasteiger charge is -2.22. The number of rotatable bonds is 5. The normalized spacial score (nSPS) is 15.2. The van der Waals surface area contributed by atoms with Crippen LogP contribution < -0.4 is 10.6 Å². The van der Waals surface area contributed by atoms with Gasteiger partial charge in [0.05, 0.1) is 12.2 Å². The zero-order valence-corrected chi connectivity index (χ0v) is 17.2. The molecule has 0 atom stereocenters. The Morgan fingerprint density at radius 2 is 1.89 bits per heavy atom. The van der Waals surface area contributed by atoms with Crippen LogP contribution in [0, 0.1) is 0 Å². The number of halogens is 1. The molecule has 1 aromatic carbocycles. The molecule has 1 fully saturated rings. The Bertz CT molecular complexity index is 730. The average Bonchev–Trinajstić information content (AvgIpc) is 3.12. The second-order valence-corrected chi connectivity index (χ2v) is 8.02. The highest BCUT2D eigenvalue weighted by atomic mass is 35.5. The van der Waals surface area contributed by atoms with Crippen molar-refractivity contribution in [2.45, 2.75) is 51.5 Å². The smallest absolute Gasteiger partial charge is 0.273 e. The molecule has 6 nitrogen and oxygen atoms in total. The molecule has 148 valence electrons. The van der Waals surface area contributed by atoms with Crippen LogP contribution in [0.25, 0.3) is 0 Å². The molecule has 0 unspecified atom stereocenters. The van der Waals surface area contributed by atoms with E-state index in [-0.39, 0.29) is 23.7 Å². The quantitative estimate of drug-likeness (QED) is 0.822. The molecule has 27 heavy (non-hydrogen) atoms. The van der Waals surface area contributed by atoms with Crippen molar-refractivity contribution in [1.29, 1.82) is 0 Å². The Balaban J connectivity index is 0.00000261. The standard InChI is InChI=1S/C20H29N5O.ClH/c1-20(2,3)16-6-4-15(5-7-16)8-13-22-19(26)18-14-25(24-23-18)17-9-11-21-12-10-17;/h4-7,14,17,21H,8-13H2,1-3H3,(H,22,26);1H. The highest BCUT2D eigenvalue weighted by Gasteiger charge is 2.18. The Kier molecular flexibility index (Phi) is 7.39. The summed E-state index contributed by atoms with van der Waals surface area (Å²) in [4.78, 5) is 12.3. The summed E-state index contributed by atoms with van der Waals surface area (Å²) < 4.78 is 1.83. The first-order valence-electron chi connectivity index (χ1n) is 9.43. The Labute approximate surface area is 167 Å². The minimum absolute atomic E-state index is 0. The Morgan fingerprint density at radius 3 is 2.52 bits per heavy atom. The van der Waals surface area contributed by atoms with Crippen molar-refractivity contribution in [3.05, 3.63) is 47.3 Å². The van der Waals surface area contributed by atoms with Gasteiger partial charge in [-0.1, -0.05) is 50.3 Å². The minimum Gasteiger partial charge on any atom is -0.350 e. The second-order valence-electron chi connectivity index (χ2n) is 8.02. The molecule has 7 heteroatoms. The lowest BCUT2D eigenvalue weighted by molar-refractivity contribution is 0.0949. The summed E-state index contributed by atoms with van der Waals surface area (Å²) in [7, 11) is 0. The fourth-order valence-corrected chi connectivity index (χ4v) is 3.21. The van der Waals surface area contributed by atoms with Gasteiger partial charge in [0.15, 0.2) is 5.69 Å². The van der Waals surface area contributed by atoms with Crippen LogP contribution >= 0.6 is 12.4 Å². The van der Waals surface area contributed by atoms with E-state index in [1.165, 1.54) is 11.1 Å². The maximum Gasteiger partial charge on any atom is 0.273 e. The number of hydrogen-bond donors (Lipinski definition) is 2. The van der Waals surface area contributed by atoms with E-state index in [4.69, 9.17) is 0 Å². The monoisotopic (exact) mass is 391 g/mol. The van der Waals surface area contributed by atoms with E-state index in [1.807, 2.05) is 4.68 Å². The van der Waals surface area contributed by atoms with E-state index in [2.05, 4.69) is 66.0 Å². The maximum absolute atomic E-state index is 12.3. The predicted octanol–water partition coefficient (Wildman–Crippen LogP) is 2.89. The first-order chi connectivity index (χ1) is 12.4. The zero-order valence-electron chi connectivity index (χ0n) is 16.4. The van der Waals surface area contributed by atoms with Crippen LogP contribution in [0.3, 0.4) is 0 Å². The molecule has 1 aromatic heterocycles. The molecule has 0 radical (unpaired) electrons. The fourth-order valence-electron chi connectivity index (χ4n) is 3.21. The molecule has 0 saturated carbocycles. The van der Waals surface area contributed by atoms with Gasteiger partial charge in [-0.3, -0.25) is 4.79 Å². The van der Waals surface area contributed by atoms with Crippen molar-refractivity contribution < 1.29 is 4.79 Å². The number of piperidine rings is 1. The summed E-state index contributed by atoms with van der Waals surface area (Å²) in [6.45, 7) is 9.19. The molecule has 0 spiro atoms. The van der Waals surface area contributed by atoms with Gasteiger partial charge in [-0.05, 0) is 48.9 Å². The van der Waals surface area contributed by atoms with E-state index >= 15 is 0 Å². The summed E-state index contributed by atoms with van der Waals surface area (Å²) in [5, 5.41) is 14.4. The molecule has 2 aromatic rings. The van der Waals surface area contributed by atoms with Crippen LogP contribution in [-0.2, 0) is 11.8 Å². The van der Waals surface area contributed by atoms with Crippen molar-refractivity contribution in [2.24, 2.45) is 0 Å². The first kappa shape index (κ1) is 21.4. The van der Waals surface area contributed by atoms with Gasteiger partial charge in [-0.2, -0.15) is 0 Å². The number of carbonyl (C=O) groups excluding carboxylic acids is 1. The number of hydrogen-bond acceptors (Lipinski definition) is 4. The second kappa shape index (κ2) is 9.33. The van der Waals surface area contributed by atoms with Gasteiger partial charge < -0.3 is 10.6 Å². The van der Waals surface area contributed by atoms with Gasteiger partial charge in [0.25, 0.3) is 5.91 Å². The Hall–Kier alpha value is -1.92. The van der Waals surface area contributed by atoms with Gasteiger partial charge >= 0.3 is 0 Å². The number of nitrogens with one attached hydrogen (secondary N) is 2. The molecular weight excluding hydrogens is 362 g/mol. The van der Waals surface area contributed by atoms with Crippen LogP contribution in [0.1, 0.15) is 61.3 Å². The number of nitrogens with zero attached hydrogens (tertiary/aromatic N) is 3. The average molecular weight is 392 g/mol. The summed E-state index contributed by atoms with van der Waals surface area (Å²) in [6.07, 6.45) is 4.62. The van der Waals surface area contributed by atoms with Crippen LogP contribution in [-0.4, -0.2) is 40.5 Å². The van der Waals surface area contributed by atoms with Gasteiger partial charge in [0.2, 0.25) is 0 Å². The van der Waals surface area contributed by atoms with Gasteiger partial charge in [-0.25, -0.2) is 4.68 Å². The molecule has 1 aliphatic rings. The van der Waals surface area contributed by atoms with Crippen LogP contribution in [0.5, 0.6) is 0 Å². The molecule has 2 heterocycles. The van der Waals surface area contributed by atoms with Crippen molar-refractivity contribution in [3.8, 4) is 0 Å². The molecule has 1 amide bonds. The SMILES string of the molecule is CC(C)(C)c1ccc(CCNC(=O)c2cn(C3CCNCC3)nn2)cc1.Cl. The van der Waals surface area contributed by atoms with Crippen molar-refractivity contribution in [3.63, 3.8) is 0 Å². The maximum atomic E-state index is 12.3. The van der Waals surface area contributed by atoms with Gasteiger partial charge in [-0.15, -0.1) is 17.5 Å². The molecule has 1 saturated heterocycles. The lowest BCUT2D eigenvalue weighted by atomic mass is 9.86. The van der Waals surface area contributed by atoms with Gasteiger partial charge in [0.1, 0.15) is 0 Å². The third-order valence-corrected chi connectivity index (χ3v) is 4.94. The van der Waals surface area contributed by atoms with E-state index < -0.39 is 0 Å². The third kappa shape index (κ3) is 5.78. The van der Waals surface area contributed by atoms with E-state index in [9.17, 15) is 4.79 Å². The van der Waals surface area contributed by atoms with Crippen molar-refractivity contribution in [1.82, 2.24) is 25.6 Å². The van der Waals surface area contributed by atoms with Crippen LogP contribution in [0.4, 0.5) is 0 Å². The number of aromatic nitrogens is 3. The Morgan fingerprint density at radius 1 is 1.22 bits per heavy atom. The topological polar surface area (TPSA) is 71.8 Å². The minimum atomic E-state index is -0.156. The van der Waals surface area contributed by atoms with Gasteiger partial charge in [0, 0.05) is 6.54 Å². The highest BCUT2D eigenvalue weighted by molar-refractivity contribution is 5.91. The molecule has 3 rings (SSSR count). The van der Waals surface area contributed by atoms with Crippen LogP contribution in [0.15, 0.2) is 30.5 Å².